The maximum absolute atomic E-state index is 9.72. The highest BCUT2D eigenvalue weighted by atomic mass is 16.3. The van der Waals surface area contributed by atoms with Gasteiger partial charge in [-0.3, -0.25) is 0 Å². The molecule has 0 spiro atoms. The van der Waals surface area contributed by atoms with E-state index in [1.807, 2.05) is 18.2 Å². The Morgan fingerprint density at radius 3 is 2.85 bits per heavy atom. The average molecular weight is 177 g/mol. The van der Waals surface area contributed by atoms with Crippen molar-refractivity contribution >= 4 is 11.1 Å². The van der Waals surface area contributed by atoms with Gasteiger partial charge in [0.1, 0.15) is 5.52 Å². The molecule has 0 aliphatic rings. The second-order valence-corrected chi connectivity index (χ2v) is 3.59. The summed E-state index contributed by atoms with van der Waals surface area (Å²) < 4.78 is 5.13. The van der Waals surface area contributed by atoms with Crippen LogP contribution in [0, 0.1) is 0 Å². The Morgan fingerprint density at radius 1 is 1.38 bits per heavy atom. The topological polar surface area (TPSA) is 46.3 Å². The summed E-state index contributed by atoms with van der Waals surface area (Å²) in [5.41, 5.74) is 1.52. The minimum Gasteiger partial charge on any atom is -0.443 e. The molecule has 3 heteroatoms. The normalized spacial score (nSPS) is 12.2. The lowest BCUT2D eigenvalue weighted by Gasteiger charge is -2.16. The van der Waals surface area contributed by atoms with Gasteiger partial charge in [0, 0.05) is 0 Å². The summed E-state index contributed by atoms with van der Waals surface area (Å²) in [5.74, 6) is 0. The van der Waals surface area contributed by atoms with Gasteiger partial charge in [-0.2, -0.15) is 0 Å². The third kappa shape index (κ3) is 1.42. The lowest BCUT2D eigenvalue weighted by Crippen LogP contribution is -2.14. The fourth-order valence-corrected chi connectivity index (χ4v) is 1.24. The van der Waals surface area contributed by atoms with Crippen LogP contribution in [-0.2, 0) is 5.60 Å². The van der Waals surface area contributed by atoms with Gasteiger partial charge >= 0.3 is 0 Å². The Bertz CT molecular complexity index is 426. The fraction of sp³-hybridized carbons (Fsp3) is 0.300. The molecule has 3 nitrogen and oxygen atoms in total. The van der Waals surface area contributed by atoms with Crippen molar-refractivity contribution in [3.8, 4) is 0 Å². The highest BCUT2D eigenvalue weighted by molar-refractivity contribution is 5.73. The van der Waals surface area contributed by atoms with Crippen molar-refractivity contribution in [2.75, 3.05) is 0 Å². The quantitative estimate of drug-likeness (QED) is 0.725. The predicted molar refractivity (Wildman–Crippen MR) is 49.3 cm³/mol. The van der Waals surface area contributed by atoms with Crippen LogP contribution < -0.4 is 0 Å². The van der Waals surface area contributed by atoms with Gasteiger partial charge in [-0.1, -0.05) is 6.07 Å². The number of oxazole rings is 1. The Hall–Kier alpha value is -1.35. The van der Waals surface area contributed by atoms with E-state index in [0.29, 0.717) is 5.58 Å². The molecule has 0 saturated heterocycles. The zero-order valence-electron chi connectivity index (χ0n) is 7.61. The minimum absolute atomic E-state index is 0.708. The summed E-state index contributed by atoms with van der Waals surface area (Å²) in [5, 5.41) is 9.72. The minimum atomic E-state index is -0.832. The van der Waals surface area contributed by atoms with E-state index < -0.39 is 5.60 Å². The van der Waals surface area contributed by atoms with Gasteiger partial charge < -0.3 is 9.52 Å². The van der Waals surface area contributed by atoms with E-state index in [2.05, 4.69) is 4.98 Å². The monoisotopic (exact) mass is 177 g/mol. The van der Waals surface area contributed by atoms with E-state index in [1.54, 1.807) is 13.8 Å². The average Bonchev–Trinajstić information content (AvgIpc) is 2.47. The molecular formula is C10H11NO2. The third-order valence-electron chi connectivity index (χ3n) is 2.04. The largest absolute Gasteiger partial charge is 0.443 e. The van der Waals surface area contributed by atoms with Crippen LogP contribution in [-0.4, -0.2) is 10.1 Å². The second-order valence-electron chi connectivity index (χ2n) is 3.59. The maximum atomic E-state index is 9.72. The molecule has 1 N–H and O–H groups in total. The Labute approximate surface area is 76.0 Å². The number of hydrogen-bond donors (Lipinski definition) is 1. The molecule has 1 heterocycles. The maximum Gasteiger partial charge on any atom is 0.181 e. The number of fused-ring (bicyclic) bond motifs is 1. The molecule has 0 radical (unpaired) electrons. The van der Waals surface area contributed by atoms with Gasteiger partial charge in [0.15, 0.2) is 12.0 Å². The van der Waals surface area contributed by atoms with Crippen LogP contribution in [0.5, 0.6) is 0 Å². The third-order valence-corrected chi connectivity index (χ3v) is 2.04. The van der Waals surface area contributed by atoms with Gasteiger partial charge in [-0.05, 0) is 31.5 Å². The lowest BCUT2D eigenvalue weighted by atomic mass is 9.98. The molecule has 0 saturated carbocycles. The van der Waals surface area contributed by atoms with Crippen LogP contribution in [0.3, 0.4) is 0 Å². The molecule has 1 aromatic heterocycles. The zero-order valence-corrected chi connectivity index (χ0v) is 7.61. The predicted octanol–water partition coefficient (Wildman–Crippen LogP) is 2.06. The number of hydrogen-bond acceptors (Lipinski definition) is 3. The summed E-state index contributed by atoms with van der Waals surface area (Å²) in [7, 11) is 0. The van der Waals surface area contributed by atoms with E-state index in [1.165, 1.54) is 6.39 Å². The lowest BCUT2D eigenvalue weighted by molar-refractivity contribution is 0.0786. The van der Waals surface area contributed by atoms with Gasteiger partial charge in [-0.15, -0.1) is 0 Å². The first-order valence-corrected chi connectivity index (χ1v) is 4.13. The molecule has 2 rings (SSSR count). The molecule has 1 aromatic carbocycles. The van der Waals surface area contributed by atoms with E-state index in [-0.39, 0.29) is 0 Å². The van der Waals surface area contributed by atoms with Crippen molar-refractivity contribution in [3.05, 3.63) is 30.2 Å². The first-order chi connectivity index (χ1) is 6.07. The fourth-order valence-electron chi connectivity index (χ4n) is 1.24. The Kier molecular flexibility index (Phi) is 1.63. The van der Waals surface area contributed by atoms with Gasteiger partial charge in [0.2, 0.25) is 0 Å². The molecule has 0 aliphatic carbocycles. The van der Waals surface area contributed by atoms with Crippen molar-refractivity contribution in [3.63, 3.8) is 0 Å². The summed E-state index contributed by atoms with van der Waals surface area (Å²) in [4.78, 5) is 3.99. The highest BCUT2D eigenvalue weighted by Crippen LogP contribution is 2.23. The summed E-state index contributed by atoms with van der Waals surface area (Å²) in [6, 6.07) is 5.50. The summed E-state index contributed by atoms with van der Waals surface area (Å²) in [6.45, 7) is 3.48. The molecule has 0 bridgehead atoms. The van der Waals surface area contributed by atoms with Crippen LogP contribution in [0.15, 0.2) is 29.0 Å². The van der Waals surface area contributed by atoms with Crippen LogP contribution >= 0.6 is 0 Å². The van der Waals surface area contributed by atoms with Crippen LogP contribution in [0.2, 0.25) is 0 Å². The standard InChI is InChI=1S/C10H11NO2/c1-10(2,12)7-3-4-8-9(5-7)13-6-11-8/h3-6,12H,1-2H3. The smallest absolute Gasteiger partial charge is 0.181 e. The molecule has 0 atom stereocenters. The van der Waals surface area contributed by atoms with Crippen molar-refractivity contribution in [1.82, 2.24) is 4.98 Å². The molecule has 0 amide bonds. The van der Waals surface area contributed by atoms with Crippen LogP contribution in [0.4, 0.5) is 0 Å². The van der Waals surface area contributed by atoms with E-state index >= 15 is 0 Å². The first kappa shape index (κ1) is 8.26. The Morgan fingerprint density at radius 2 is 2.15 bits per heavy atom. The zero-order chi connectivity index (χ0) is 9.47. The number of aromatic nitrogens is 1. The van der Waals surface area contributed by atoms with Gasteiger partial charge in [0.05, 0.1) is 5.60 Å². The second kappa shape index (κ2) is 2.57. The summed E-state index contributed by atoms with van der Waals surface area (Å²) >= 11 is 0. The molecule has 2 aromatic rings. The molecule has 0 fully saturated rings. The van der Waals surface area contributed by atoms with Crippen LogP contribution in [0.25, 0.3) is 11.1 Å². The number of aliphatic hydroxyl groups is 1. The van der Waals surface area contributed by atoms with E-state index in [0.717, 1.165) is 11.1 Å². The van der Waals surface area contributed by atoms with Crippen molar-refractivity contribution in [1.29, 1.82) is 0 Å². The van der Waals surface area contributed by atoms with Crippen molar-refractivity contribution in [2.45, 2.75) is 19.4 Å². The first-order valence-electron chi connectivity index (χ1n) is 4.13. The van der Waals surface area contributed by atoms with Crippen LogP contribution in [0.1, 0.15) is 19.4 Å². The van der Waals surface area contributed by atoms with Crippen molar-refractivity contribution < 1.29 is 9.52 Å². The van der Waals surface area contributed by atoms with Crippen molar-refractivity contribution in [2.24, 2.45) is 0 Å². The van der Waals surface area contributed by atoms with Gasteiger partial charge in [0.25, 0.3) is 0 Å². The molecule has 0 unspecified atom stereocenters. The van der Waals surface area contributed by atoms with Gasteiger partial charge in [-0.25, -0.2) is 4.98 Å². The molecule has 68 valence electrons. The molecule has 0 aliphatic heterocycles. The van der Waals surface area contributed by atoms with E-state index in [9.17, 15) is 5.11 Å². The SMILES string of the molecule is CC(C)(O)c1ccc2ncoc2c1. The number of nitrogens with zero attached hydrogens (tertiary/aromatic N) is 1. The molecular weight excluding hydrogens is 166 g/mol. The Balaban J connectivity index is 2.61. The number of benzene rings is 1. The number of rotatable bonds is 1. The summed E-state index contributed by atoms with van der Waals surface area (Å²) in [6.07, 6.45) is 1.40. The van der Waals surface area contributed by atoms with E-state index in [4.69, 9.17) is 4.42 Å². The molecule has 13 heavy (non-hydrogen) atoms. The highest BCUT2D eigenvalue weighted by Gasteiger charge is 2.16.